The van der Waals surface area contributed by atoms with Crippen LogP contribution in [0, 0.1) is 6.92 Å². The third-order valence-corrected chi connectivity index (χ3v) is 2.75. The molecule has 0 aliphatic rings. The van der Waals surface area contributed by atoms with E-state index in [4.69, 9.17) is 10.5 Å². The minimum Gasteiger partial charge on any atom is -0.489 e. The van der Waals surface area contributed by atoms with E-state index in [0.717, 1.165) is 22.6 Å². The Hall–Kier alpha value is -2.13. The minimum absolute atomic E-state index is 0.436. The molecule has 0 aliphatic heterocycles. The van der Waals surface area contributed by atoms with E-state index in [-0.39, 0.29) is 0 Å². The van der Waals surface area contributed by atoms with E-state index < -0.39 is 0 Å². The van der Waals surface area contributed by atoms with Crippen LogP contribution in [0.3, 0.4) is 0 Å². The predicted molar refractivity (Wildman–Crippen MR) is 77.8 cm³/mol. The lowest BCUT2D eigenvalue weighted by atomic mass is 10.2. The fourth-order valence-corrected chi connectivity index (χ4v) is 1.74. The summed E-state index contributed by atoms with van der Waals surface area (Å²) in [5, 5.41) is 0. The van der Waals surface area contributed by atoms with Crippen LogP contribution in [0.25, 0.3) is 6.08 Å². The zero-order chi connectivity index (χ0) is 13.5. The van der Waals surface area contributed by atoms with Crippen LogP contribution < -0.4 is 10.5 Å². The highest BCUT2D eigenvalue weighted by atomic mass is 16.5. The first kappa shape index (κ1) is 13.3. The van der Waals surface area contributed by atoms with E-state index in [2.05, 4.69) is 17.1 Å². The van der Waals surface area contributed by atoms with Gasteiger partial charge in [0.1, 0.15) is 12.4 Å². The van der Waals surface area contributed by atoms with Crippen molar-refractivity contribution >= 4 is 6.08 Å². The maximum absolute atomic E-state index is 5.72. The zero-order valence-electron chi connectivity index (χ0n) is 11.0. The van der Waals surface area contributed by atoms with Crippen molar-refractivity contribution in [3.8, 4) is 5.75 Å². The highest BCUT2D eigenvalue weighted by molar-refractivity contribution is 5.48. The lowest BCUT2D eigenvalue weighted by Crippen LogP contribution is -2.03. The lowest BCUT2D eigenvalue weighted by Gasteiger charge is -2.08. The molecular formula is C16H18N2O. The third kappa shape index (κ3) is 3.93. The Morgan fingerprint density at radius 1 is 1.26 bits per heavy atom. The van der Waals surface area contributed by atoms with Crippen molar-refractivity contribution in [3.05, 3.63) is 65.5 Å². The molecule has 1 aromatic heterocycles. The molecule has 1 heterocycles. The van der Waals surface area contributed by atoms with Crippen LogP contribution in [0.1, 0.15) is 16.8 Å². The van der Waals surface area contributed by atoms with Gasteiger partial charge in [-0.1, -0.05) is 36.4 Å². The van der Waals surface area contributed by atoms with Gasteiger partial charge in [0.25, 0.3) is 0 Å². The molecule has 0 bridgehead atoms. The molecule has 0 atom stereocenters. The second-order valence-corrected chi connectivity index (χ2v) is 4.26. The maximum atomic E-state index is 5.72. The molecular weight excluding hydrogens is 236 g/mol. The molecule has 1 aromatic carbocycles. The second kappa shape index (κ2) is 6.71. The minimum atomic E-state index is 0.436. The Kier molecular flexibility index (Phi) is 4.70. The molecule has 3 nitrogen and oxygen atoms in total. The summed E-state index contributed by atoms with van der Waals surface area (Å²) in [6.45, 7) is 2.89. The normalized spacial score (nSPS) is 10.8. The number of aryl methyl sites for hydroxylation is 1. The summed E-state index contributed by atoms with van der Waals surface area (Å²) < 4.78 is 5.72. The summed E-state index contributed by atoms with van der Waals surface area (Å²) in [6, 6.07) is 12.1. The van der Waals surface area contributed by atoms with Gasteiger partial charge >= 0.3 is 0 Å². The van der Waals surface area contributed by atoms with Crippen LogP contribution in [0.4, 0.5) is 0 Å². The second-order valence-electron chi connectivity index (χ2n) is 4.26. The Bertz CT molecular complexity index is 550. The summed E-state index contributed by atoms with van der Waals surface area (Å²) in [5.41, 5.74) is 8.68. The van der Waals surface area contributed by atoms with Crippen LogP contribution in [-0.4, -0.2) is 11.6 Å². The van der Waals surface area contributed by atoms with Crippen LogP contribution in [0.5, 0.6) is 5.75 Å². The highest BCUT2D eigenvalue weighted by Crippen LogP contribution is 2.18. The fraction of sp³-hybridized carbons (Fsp3) is 0.188. The van der Waals surface area contributed by atoms with Crippen LogP contribution in [0.15, 0.2) is 48.7 Å². The Labute approximate surface area is 113 Å². The standard InChI is InChI=1S/C16H18N2O/c1-13-10-16(15(11-17)12-18-13)19-9-5-8-14-6-3-2-4-7-14/h2-8,10,12H,9,11,17H2,1H3/b8-5+. The number of nitrogens with zero attached hydrogens (tertiary/aromatic N) is 1. The Morgan fingerprint density at radius 2 is 2.05 bits per heavy atom. The molecule has 0 amide bonds. The third-order valence-electron chi connectivity index (χ3n) is 2.75. The quantitative estimate of drug-likeness (QED) is 0.892. The number of nitrogens with two attached hydrogens (primary N) is 1. The molecule has 2 rings (SSSR count). The van der Waals surface area contributed by atoms with Gasteiger partial charge in [0.15, 0.2) is 0 Å². The molecule has 0 spiro atoms. The largest absolute Gasteiger partial charge is 0.489 e. The molecule has 0 aliphatic carbocycles. The molecule has 19 heavy (non-hydrogen) atoms. The first-order valence-electron chi connectivity index (χ1n) is 6.29. The molecule has 0 saturated carbocycles. The van der Waals surface area contributed by atoms with E-state index in [1.165, 1.54) is 0 Å². The number of benzene rings is 1. The van der Waals surface area contributed by atoms with Crippen molar-refractivity contribution in [2.45, 2.75) is 13.5 Å². The summed E-state index contributed by atoms with van der Waals surface area (Å²) in [6.07, 6.45) is 5.80. The van der Waals surface area contributed by atoms with E-state index in [0.29, 0.717) is 13.2 Å². The van der Waals surface area contributed by atoms with Gasteiger partial charge in [-0.25, -0.2) is 0 Å². The molecule has 3 heteroatoms. The smallest absolute Gasteiger partial charge is 0.127 e. The number of rotatable bonds is 5. The summed E-state index contributed by atoms with van der Waals surface area (Å²) in [7, 11) is 0. The summed E-state index contributed by atoms with van der Waals surface area (Å²) in [4.78, 5) is 4.21. The number of hydrogen-bond donors (Lipinski definition) is 1. The van der Waals surface area contributed by atoms with Crippen molar-refractivity contribution in [2.24, 2.45) is 5.73 Å². The number of ether oxygens (including phenoxy) is 1. The molecule has 0 saturated heterocycles. The van der Waals surface area contributed by atoms with Gasteiger partial charge in [-0.15, -0.1) is 0 Å². The van der Waals surface area contributed by atoms with Gasteiger partial charge in [0.2, 0.25) is 0 Å². The van der Waals surface area contributed by atoms with Crippen molar-refractivity contribution in [3.63, 3.8) is 0 Å². The van der Waals surface area contributed by atoms with Crippen molar-refractivity contribution < 1.29 is 4.74 Å². The Balaban J connectivity index is 1.96. The molecule has 0 fully saturated rings. The van der Waals surface area contributed by atoms with E-state index in [1.54, 1.807) is 6.20 Å². The average molecular weight is 254 g/mol. The van der Waals surface area contributed by atoms with Gasteiger partial charge in [-0.3, -0.25) is 4.98 Å². The van der Waals surface area contributed by atoms with Gasteiger partial charge in [-0.05, 0) is 18.6 Å². The first-order valence-corrected chi connectivity index (χ1v) is 6.29. The fourth-order valence-electron chi connectivity index (χ4n) is 1.74. The molecule has 98 valence electrons. The number of pyridine rings is 1. The highest BCUT2D eigenvalue weighted by Gasteiger charge is 2.02. The number of hydrogen-bond acceptors (Lipinski definition) is 3. The van der Waals surface area contributed by atoms with Crippen LogP contribution in [-0.2, 0) is 6.54 Å². The van der Waals surface area contributed by atoms with Gasteiger partial charge in [0, 0.05) is 30.1 Å². The van der Waals surface area contributed by atoms with Crippen molar-refractivity contribution in [1.82, 2.24) is 4.98 Å². The SMILES string of the molecule is Cc1cc(OC/C=C/c2ccccc2)c(CN)cn1. The predicted octanol–water partition coefficient (Wildman–Crippen LogP) is 2.94. The van der Waals surface area contributed by atoms with Crippen molar-refractivity contribution in [1.29, 1.82) is 0 Å². The van der Waals surface area contributed by atoms with Gasteiger partial charge in [-0.2, -0.15) is 0 Å². The first-order chi connectivity index (χ1) is 9.29. The van der Waals surface area contributed by atoms with E-state index in [1.807, 2.05) is 43.3 Å². The van der Waals surface area contributed by atoms with E-state index in [9.17, 15) is 0 Å². The number of aromatic nitrogens is 1. The molecule has 2 aromatic rings. The summed E-state index contributed by atoms with van der Waals surface area (Å²) >= 11 is 0. The van der Waals surface area contributed by atoms with Gasteiger partial charge < -0.3 is 10.5 Å². The zero-order valence-corrected chi connectivity index (χ0v) is 11.0. The lowest BCUT2D eigenvalue weighted by molar-refractivity contribution is 0.358. The molecule has 0 radical (unpaired) electrons. The Morgan fingerprint density at radius 3 is 2.79 bits per heavy atom. The summed E-state index contributed by atoms with van der Waals surface area (Å²) in [5.74, 6) is 0.813. The monoisotopic (exact) mass is 254 g/mol. The van der Waals surface area contributed by atoms with E-state index >= 15 is 0 Å². The van der Waals surface area contributed by atoms with Crippen molar-refractivity contribution in [2.75, 3.05) is 6.61 Å². The molecule has 2 N–H and O–H groups in total. The average Bonchev–Trinajstić information content (AvgIpc) is 2.45. The molecule has 0 unspecified atom stereocenters. The maximum Gasteiger partial charge on any atom is 0.127 e. The van der Waals surface area contributed by atoms with Crippen LogP contribution >= 0.6 is 0 Å². The van der Waals surface area contributed by atoms with Gasteiger partial charge in [0.05, 0.1) is 0 Å². The topological polar surface area (TPSA) is 48.1 Å². The van der Waals surface area contributed by atoms with Crippen LogP contribution in [0.2, 0.25) is 0 Å².